The quantitative estimate of drug-likeness (QED) is 0.312. The molecule has 0 bridgehead atoms. The van der Waals surface area contributed by atoms with Crippen molar-refractivity contribution in [3.63, 3.8) is 0 Å². The van der Waals surface area contributed by atoms with Gasteiger partial charge in [-0.25, -0.2) is 9.48 Å². The van der Waals surface area contributed by atoms with Gasteiger partial charge in [0, 0.05) is 18.1 Å². The molecule has 0 atom stereocenters. The predicted octanol–water partition coefficient (Wildman–Crippen LogP) is 2.82. The molecular weight excluding hydrogens is 464 g/mol. The lowest BCUT2D eigenvalue weighted by Gasteiger charge is -2.10. The first-order valence-electron chi connectivity index (χ1n) is 11.3. The Hall–Kier alpha value is -4.60. The zero-order chi connectivity index (χ0) is 25.5. The maximum atomic E-state index is 12.5. The van der Waals surface area contributed by atoms with Crippen LogP contribution in [-0.2, 0) is 19.1 Å². The van der Waals surface area contributed by atoms with Crippen LogP contribution in [0.4, 0.5) is 5.82 Å². The summed E-state index contributed by atoms with van der Waals surface area (Å²) in [5.41, 5.74) is 7.46. The number of hydrogen-bond acceptors (Lipinski definition) is 7. The Morgan fingerprint density at radius 1 is 1.08 bits per heavy atom. The van der Waals surface area contributed by atoms with Gasteiger partial charge >= 0.3 is 5.97 Å². The molecule has 2 aromatic carbocycles. The zero-order valence-corrected chi connectivity index (χ0v) is 19.7. The van der Waals surface area contributed by atoms with Gasteiger partial charge in [-0.05, 0) is 48.7 Å². The van der Waals surface area contributed by atoms with Crippen LogP contribution in [0.3, 0.4) is 0 Å². The highest BCUT2D eigenvalue weighted by atomic mass is 16.5. The second-order valence-electron chi connectivity index (χ2n) is 8.13. The Balaban J connectivity index is 1.33. The van der Waals surface area contributed by atoms with Crippen molar-refractivity contribution in [2.24, 2.45) is 5.73 Å². The van der Waals surface area contributed by atoms with Crippen molar-refractivity contribution in [3.05, 3.63) is 71.9 Å². The molecule has 3 aromatic rings. The third-order valence-corrected chi connectivity index (χ3v) is 5.31. The number of rotatable bonds is 11. The fraction of sp³-hybridized carbons (Fsp3) is 0.231. The normalized spacial score (nSPS) is 12.8. The van der Waals surface area contributed by atoms with E-state index < -0.39 is 24.4 Å². The van der Waals surface area contributed by atoms with Crippen LogP contribution < -0.4 is 20.5 Å². The van der Waals surface area contributed by atoms with Crippen LogP contribution >= 0.6 is 0 Å². The fourth-order valence-electron chi connectivity index (χ4n) is 3.42. The van der Waals surface area contributed by atoms with Gasteiger partial charge in [0.2, 0.25) is 0 Å². The molecule has 1 aliphatic rings. The molecule has 0 radical (unpaired) electrons. The number of para-hydroxylation sites is 1. The molecule has 2 amide bonds. The van der Waals surface area contributed by atoms with Crippen LogP contribution in [0.5, 0.6) is 11.5 Å². The number of carbonyl (C=O) groups excluding carboxylic acids is 3. The summed E-state index contributed by atoms with van der Waals surface area (Å²) < 4.78 is 17.3. The summed E-state index contributed by atoms with van der Waals surface area (Å²) in [5.74, 6) is -0.136. The molecule has 0 saturated heterocycles. The fourth-order valence-corrected chi connectivity index (χ4v) is 3.42. The molecule has 3 N–H and O–H groups in total. The first kappa shape index (κ1) is 24.5. The summed E-state index contributed by atoms with van der Waals surface area (Å²) in [6.07, 6.45) is 4.87. The van der Waals surface area contributed by atoms with Crippen molar-refractivity contribution in [2.75, 3.05) is 25.6 Å². The number of methoxy groups -OCH3 is 1. The maximum Gasteiger partial charge on any atom is 0.331 e. The zero-order valence-electron chi connectivity index (χ0n) is 19.7. The summed E-state index contributed by atoms with van der Waals surface area (Å²) in [7, 11) is 1.45. The van der Waals surface area contributed by atoms with Gasteiger partial charge in [-0.15, -0.1) is 0 Å². The predicted molar refractivity (Wildman–Crippen MR) is 132 cm³/mol. The van der Waals surface area contributed by atoms with Crippen LogP contribution in [0.2, 0.25) is 0 Å². The van der Waals surface area contributed by atoms with Crippen LogP contribution in [0.25, 0.3) is 11.8 Å². The SMILES string of the molecule is COc1cc(/C=C/C(=O)OCC(=O)Nc2cc(C3CC3)nn2-c2ccccc2)ccc1OCC(N)=O. The van der Waals surface area contributed by atoms with Crippen LogP contribution in [0.15, 0.2) is 60.7 Å². The Morgan fingerprint density at radius 3 is 2.56 bits per heavy atom. The number of primary amides is 1. The standard InChI is InChI=1S/C26H26N4O6/c1-34-22-13-17(7-11-21(22)35-15-23(27)31)8-12-26(33)36-16-25(32)28-24-14-20(18-9-10-18)29-30(24)19-5-3-2-4-6-19/h2-8,11-14,18H,9-10,15-16H2,1H3,(H2,27,31)(H,28,32)/b12-8+. The summed E-state index contributed by atoms with van der Waals surface area (Å²) in [6, 6.07) is 16.2. The number of amides is 2. The van der Waals surface area contributed by atoms with Crippen LogP contribution in [0, 0.1) is 0 Å². The van der Waals surface area contributed by atoms with E-state index in [1.807, 2.05) is 36.4 Å². The molecule has 1 saturated carbocycles. The molecular formula is C26H26N4O6. The number of anilines is 1. The van der Waals surface area contributed by atoms with E-state index in [1.54, 1.807) is 22.9 Å². The first-order valence-corrected chi connectivity index (χ1v) is 11.3. The van der Waals surface area contributed by atoms with Gasteiger partial charge in [0.25, 0.3) is 11.8 Å². The van der Waals surface area contributed by atoms with Gasteiger partial charge in [-0.1, -0.05) is 24.3 Å². The third kappa shape index (κ3) is 6.50. The van der Waals surface area contributed by atoms with E-state index in [0.717, 1.165) is 24.2 Å². The third-order valence-electron chi connectivity index (χ3n) is 5.31. The van der Waals surface area contributed by atoms with E-state index in [2.05, 4.69) is 10.4 Å². The number of nitrogens with two attached hydrogens (primary N) is 1. The summed E-state index contributed by atoms with van der Waals surface area (Å²) in [4.78, 5) is 35.5. The molecule has 1 fully saturated rings. The highest BCUT2D eigenvalue weighted by Crippen LogP contribution is 2.40. The lowest BCUT2D eigenvalue weighted by Crippen LogP contribution is -2.21. The monoisotopic (exact) mass is 490 g/mol. The van der Waals surface area contributed by atoms with Crippen LogP contribution in [-0.4, -0.2) is 47.9 Å². The Labute approximate surface area is 207 Å². The van der Waals surface area contributed by atoms with Gasteiger partial charge in [0.05, 0.1) is 18.5 Å². The lowest BCUT2D eigenvalue weighted by molar-refractivity contribution is -0.142. The van der Waals surface area contributed by atoms with Crippen molar-refractivity contribution < 1.29 is 28.6 Å². The molecule has 10 heteroatoms. The molecule has 0 aliphatic heterocycles. The van der Waals surface area contributed by atoms with E-state index in [0.29, 0.717) is 28.8 Å². The number of carbonyl (C=O) groups is 3. The van der Waals surface area contributed by atoms with Crippen molar-refractivity contribution in [2.45, 2.75) is 18.8 Å². The van der Waals surface area contributed by atoms with Crippen molar-refractivity contribution in [1.82, 2.24) is 9.78 Å². The largest absolute Gasteiger partial charge is 0.493 e. The van der Waals surface area contributed by atoms with Gasteiger partial charge in [0.15, 0.2) is 24.7 Å². The maximum absolute atomic E-state index is 12.5. The number of nitrogens with one attached hydrogen (secondary N) is 1. The Morgan fingerprint density at radius 2 is 1.86 bits per heavy atom. The van der Waals surface area contributed by atoms with E-state index >= 15 is 0 Å². The number of benzene rings is 2. The first-order chi connectivity index (χ1) is 17.4. The van der Waals surface area contributed by atoms with Crippen molar-refractivity contribution >= 4 is 29.7 Å². The highest BCUT2D eigenvalue weighted by molar-refractivity contribution is 5.94. The molecule has 1 aromatic heterocycles. The average molecular weight is 491 g/mol. The van der Waals surface area contributed by atoms with Crippen LogP contribution in [0.1, 0.15) is 30.0 Å². The second kappa shape index (κ2) is 11.2. The van der Waals surface area contributed by atoms with Gasteiger partial charge in [0.1, 0.15) is 5.82 Å². The minimum atomic E-state index is -0.687. The summed E-state index contributed by atoms with van der Waals surface area (Å²) in [5, 5.41) is 7.41. The topological polar surface area (TPSA) is 135 Å². The molecule has 0 spiro atoms. The van der Waals surface area contributed by atoms with Gasteiger partial charge < -0.3 is 25.3 Å². The minimum Gasteiger partial charge on any atom is -0.493 e. The molecule has 4 rings (SSSR count). The number of nitrogens with zero attached hydrogens (tertiary/aromatic N) is 2. The summed E-state index contributed by atoms with van der Waals surface area (Å²) >= 11 is 0. The molecule has 10 nitrogen and oxygen atoms in total. The minimum absolute atomic E-state index is 0.284. The van der Waals surface area contributed by atoms with E-state index in [4.69, 9.17) is 19.9 Å². The number of hydrogen-bond donors (Lipinski definition) is 2. The lowest BCUT2D eigenvalue weighted by atomic mass is 10.2. The average Bonchev–Trinajstić information content (AvgIpc) is 3.66. The highest BCUT2D eigenvalue weighted by Gasteiger charge is 2.28. The van der Waals surface area contributed by atoms with Crippen molar-refractivity contribution in [1.29, 1.82) is 0 Å². The summed E-state index contributed by atoms with van der Waals surface area (Å²) in [6.45, 7) is -0.737. The smallest absolute Gasteiger partial charge is 0.331 e. The van der Waals surface area contributed by atoms with Gasteiger partial charge in [-0.2, -0.15) is 5.10 Å². The number of esters is 1. The molecule has 186 valence electrons. The Bertz CT molecular complexity index is 1280. The number of aromatic nitrogens is 2. The van der Waals surface area contributed by atoms with Crippen molar-refractivity contribution in [3.8, 4) is 17.2 Å². The van der Waals surface area contributed by atoms with E-state index in [9.17, 15) is 14.4 Å². The Kier molecular flexibility index (Phi) is 7.64. The molecule has 0 unspecified atom stereocenters. The number of ether oxygens (including phenoxy) is 3. The van der Waals surface area contributed by atoms with E-state index in [-0.39, 0.29) is 6.61 Å². The molecule has 36 heavy (non-hydrogen) atoms. The van der Waals surface area contributed by atoms with Gasteiger partial charge in [-0.3, -0.25) is 9.59 Å². The second-order valence-corrected chi connectivity index (χ2v) is 8.13. The molecule has 1 heterocycles. The molecule has 1 aliphatic carbocycles. The van der Waals surface area contributed by atoms with E-state index in [1.165, 1.54) is 19.3 Å².